The highest BCUT2D eigenvalue weighted by Gasteiger charge is 2.24. The van der Waals surface area contributed by atoms with Crippen LogP contribution < -0.4 is 15.4 Å². The molecular weight excluding hydrogens is 358 g/mol. The quantitative estimate of drug-likeness (QED) is 0.810. The number of carbonyl (C=O) groups excluding carboxylic acids is 2. The zero-order valence-electron chi connectivity index (χ0n) is 14.1. The third kappa shape index (κ3) is 4.64. The van der Waals surface area contributed by atoms with Gasteiger partial charge in [0.2, 0.25) is 11.8 Å². The lowest BCUT2D eigenvalue weighted by atomic mass is 10.1. The van der Waals surface area contributed by atoms with E-state index >= 15 is 0 Å². The van der Waals surface area contributed by atoms with Crippen molar-refractivity contribution in [3.05, 3.63) is 52.5 Å². The van der Waals surface area contributed by atoms with Gasteiger partial charge in [-0.25, -0.2) is 4.79 Å². The Morgan fingerprint density at radius 1 is 1.35 bits per heavy atom. The SMILES string of the molecule is COc1nc(NC(=O)Cc2ccc(Cl)cc2)ccc1C[C@H]1COC(=O)N1. The van der Waals surface area contributed by atoms with Crippen LogP contribution in [0.3, 0.4) is 0 Å². The molecule has 1 saturated heterocycles. The van der Waals surface area contributed by atoms with E-state index in [9.17, 15) is 9.59 Å². The number of anilines is 1. The average Bonchev–Trinajstić information content (AvgIpc) is 3.03. The largest absolute Gasteiger partial charge is 0.481 e. The van der Waals surface area contributed by atoms with Crippen LogP contribution in [0, 0.1) is 0 Å². The molecule has 1 aliphatic heterocycles. The third-order valence-corrected chi connectivity index (χ3v) is 4.13. The summed E-state index contributed by atoms with van der Waals surface area (Å²) in [5.41, 5.74) is 1.67. The Balaban J connectivity index is 1.63. The average molecular weight is 376 g/mol. The highest BCUT2D eigenvalue weighted by atomic mass is 35.5. The fourth-order valence-corrected chi connectivity index (χ4v) is 2.77. The summed E-state index contributed by atoms with van der Waals surface area (Å²) in [5.74, 6) is 0.609. The van der Waals surface area contributed by atoms with Crippen molar-refractivity contribution in [1.82, 2.24) is 10.3 Å². The monoisotopic (exact) mass is 375 g/mol. The minimum absolute atomic E-state index is 0.122. The maximum absolute atomic E-state index is 12.2. The Morgan fingerprint density at radius 3 is 2.77 bits per heavy atom. The van der Waals surface area contributed by atoms with E-state index in [-0.39, 0.29) is 18.4 Å². The topological polar surface area (TPSA) is 89.6 Å². The molecule has 1 aliphatic rings. The summed E-state index contributed by atoms with van der Waals surface area (Å²) in [6.45, 7) is 0.307. The molecule has 2 heterocycles. The number of ether oxygens (including phenoxy) is 2. The second kappa shape index (κ2) is 8.05. The van der Waals surface area contributed by atoms with Crippen LogP contribution in [0.2, 0.25) is 5.02 Å². The fraction of sp³-hybridized carbons (Fsp3) is 0.278. The highest BCUT2D eigenvalue weighted by Crippen LogP contribution is 2.21. The molecule has 1 atom stereocenters. The Labute approximate surface area is 155 Å². The van der Waals surface area contributed by atoms with Gasteiger partial charge in [-0.15, -0.1) is 0 Å². The number of benzene rings is 1. The van der Waals surface area contributed by atoms with Crippen molar-refractivity contribution in [1.29, 1.82) is 0 Å². The van der Waals surface area contributed by atoms with Gasteiger partial charge in [0.1, 0.15) is 12.4 Å². The van der Waals surface area contributed by atoms with E-state index in [1.165, 1.54) is 7.11 Å². The van der Waals surface area contributed by atoms with Crippen LogP contribution in [-0.2, 0) is 22.4 Å². The molecule has 0 saturated carbocycles. The summed E-state index contributed by atoms with van der Waals surface area (Å²) in [5, 5.41) is 6.08. The number of rotatable bonds is 6. The highest BCUT2D eigenvalue weighted by molar-refractivity contribution is 6.30. The first-order valence-corrected chi connectivity index (χ1v) is 8.43. The van der Waals surface area contributed by atoms with Gasteiger partial charge in [-0.1, -0.05) is 23.7 Å². The summed E-state index contributed by atoms with van der Waals surface area (Å²) in [7, 11) is 1.51. The number of amides is 2. The zero-order valence-corrected chi connectivity index (χ0v) is 14.9. The second-order valence-electron chi connectivity index (χ2n) is 5.86. The molecule has 1 aromatic carbocycles. The molecule has 0 bridgehead atoms. The summed E-state index contributed by atoms with van der Waals surface area (Å²) in [6.07, 6.45) is 0.322. The molecule has 0 spiro atoms. The van der Waals surface area contributed by atoms with E-state index in [2.05, 4.69) is 15.6 Å². The Bertz CT molecular complexity index is 811. The van der Waals surface area contributed by atoms with E-state index in [4.69, 9.17) is 21.1 Å². The number of methoxy groups -OCH3 is 1. The van der Waals surface area contributed by atoms with E-state index in [0.717, 1.165) is 11.1 Å². The number of nitrogens with one attached hydrogen (secondary N) is 2. The lowest BCUT2D eigenvalue weighted by Crippen LogP contribution is -2.28. The molecule has 26 heavy (non-hydrogen) atoms. The van der Waals surface area contributed by atoms with Crippen molar-refractivity contribution in [2.24, 2.45) is 0 Å². The predicted octanol–water partition coefficient (Wildman–Crippen LogP) is 2.58. The Hall–Kier alpha value is -2.80. The Morgan fingerprint density at radius 2 is 2.12 bits per heavy atom. The third-order valence-electron chi connectivity index (χ3n) is 3.88. The summed E-state index contributed by atoms with van der Waals surface area (Å²) < 4.78 is 10.2. The minimum atomic E-state index is -0.423. The number of carbonyl (C=O) groups is 2. The molecule has 7 nitrogen and oxygen atoms in total. The molecule has 0 radical (unpaired) electrons. The molecule has 136 valence electrons. The van der Waals surface area contributed by atoms with Gasteiger partial charge >= 0.3 is 6.09 Å². The van der Waals surface area contributed by atoms with Gasteiger partial charge in [0.05, 0.1) is 19.6 Å². The molecule has 1 aromatic heterocycles. The normalized spacial score (nSPS) is 15.9. The van der Waals surface area contributed by atoms with Crippen molar-refractivity contribution in [2.75, 3.05) is 19.0 Å². The number of cyclic esters (lactones) is 1. The molecule has 1 fully saturated rings. The first kappa shape index (κ1) is 18.0. The van der Waals surface area contributed by atoms with E-state index in [0.29, 0.717) is 29.7 Å². The smallest absolute Gasteiger partial charge is 0.407 e. The van der Waals surface area contributed by atoms with Gasteiger partial charge in [0.15, 0.2) is 0 Å². The predicted molar refractivity (Wildman–Crippen MR) is 96.6 cm³/mol. The molecule has 8 heteroatoms. The number of aromatic nitrogens is 1. The Kier molecular flexibility index (Phi) is 5.58. The maximum atomic E-state index is 12.2. The fourth-order valence-electron chi connectivity index (χ4n) is 2.65. The molecule has 3 rings (SSSR count). The van der Waals surface area contributed by atoms with Crippen LogP contribution >= 0.6 is 11.6 Å². The first-order chi connectivity index (χ1) is 12.5. The summed E-state index contributed by atoms with van der Waals surface area (Å²) in [4.78, 5) is 27.6. The number of hydrogen-bond acceptors (Lipinski definition) is 5. The van der Waals surface area contributed by atoms with Gasteiger partial charge in [-0.05, 0) is 29.8 Å². The molecule has 2 aromatic rings. The number of hydrogen-bond donors (Lipinski definition) is 2. The van der Waals surface area contributed by atoms with Crippen LogP contribution in [0.4, 0.5) is 10.6 Å². The van der Waals surface area contributed by atoms with Crippen LogP contribution in [0.5, 0.6) is 5.88 Å². The first-order valence-electron chi connectivity index (χ1n) is 8.05. The van der Waals surface area contributed by atoms with Crippen molar-refractivity contribution in [3.8, 4) is 5.88 Å². The molecule has 2 N–H and O–H groups in total. The van der Waals surface area contributed by atoms with E-state index in [1.54, 1.807) is 30.3 Å². The molecular formula is C18H18ClN3O4. The standard InChI is InChI=1S/C18H18ClN3O4/c1-25-17-12(9-14-10-26-18(24)20-14)4-7-15(22-17)21-16(23)8-11-2-5-13(19)6-3-11/h2-7,14H,8-10H2,1H3,(H,20,24)(H,21,22,23)/t14-/m0/s1. The van der Waals surface area contributed by atoms with Crippen LogP contribution in [0.25, 0.3) is 0 Å². The number of alkyl carbamates (subject to hydrolysis) is 1. The van der Waals surface area contributed by atoms with Gasteiger partial charge in [-0.2, -0.15) is 4.98 Å². The van der Waals surface area contributed by atoms with E-state index < -0.39 is 6.09 Å². The number of halogens is 1. The molecule has 2 amide bonds. The van der Waals surface area contributed by atoms with Crippen LogP contribution in [0.15, 0.2) is 36.4 Å². The molecule has 0 unspecified atom stereocenters. The van der Waals surface area contributed by atoms with E-state index in [1.807, 2.05) is 6.07 Å². The van der Waals surface area contributed by atoms with Gasteiger partial charge in [0, 0.05) is 17.0 Å². The van der Waals surface area contributed by atoms with Crippen molar-refractivity contribution in [2.45, 2.75) is 18.9 Å². The van der Waals surface area contributed by atoms with Crippen LogP contribution in [0.1, 0.15) is 11.1 Å². The van der Waals surface area contributed by atoms with Crippen LogP contribution in [-0.4, -0.2) is 36.7 Å². The number of nitrogens with zero attached hydrogens (tertiary/aromatic N) is 1. The summed E-state index contributed by atoms with van der Waals surface area (Å²) >= 11 is 5.84. The lowest BCUT2D eigenvalue weighted by Gasteiger charge is -2.12. The van der Waals surface area contributed by atoms with Crippen molar-refractivity contribution < 1.29 is 19.1 Å². The maximum Gasteiger partial charge on any atom is 0.407 e. The van der Waals surface area contributed by atoms with Crippen molar-refractivity contribution in [3.63, 3.8) is 0 Å². The van der Waals surface area contributed by atoms with Gasteiger partial charge < -0.3 is 20.1 Å². The summed E-state index contributed by atoms with van der Waals surface area (Å²) in [6, 6.07) is 10.5. The van der Waals surface area contributed by atoms with Gasteiger partial charge in [-0.3, -0.25) is 4.79 Å². The van der Waals surface area contributed by atoms with Gasteiger partial charge in [0.25, 0.3) is 0 Å². The number of pyridine rings is 1. The lowest BCUT2D eigenvalue weighted by molar-refractivity contribution is -0.115. The zero-order chi connectivity index (χ0) is 18.5. The minimum Gasteiger partial charge on any atom is -0.481 e. The van der Waals surface area contributed by atoms with Crippen molar-refractivity contribution >= 4 is 29.4 Å². The second-order valence-corrected chi connectivity index (χ2v) is 6.30. The molecule has 0 aliphatic carbocycles.